The van der Waals surface area contributed by atoms with Crippen molar-refractivity contribution in [3.8, 4) is 11.3 Å². The second kappa shape index (κ2) is 6.52. The third-order valence-electron chi connectivity index (χ3n) is 4.83. The number of hydrogen-bond donors (Lipinski definition) is 1. The van der Waals surface area contributed by atoms with Gasteiger partial charge in [0.05, 0.1) is 29.3 Å². The lowest BCUT2D eigenvalue weighted by Gasteiger charge is -2.07. The van der Waals surface area contributed by atoms with E-state index in [1.54, 1.807) is 41.7 Å². The first kappa shape index (κ1) is 17.1. The fourth-order valence-electron chi connectivity index (χ4n) is 3.28. The van der Waals surface area contributed by atoms with Crippen molar-refractivity contribution < 1.29 is 4.79 Å². The number of fused-ring (bicyclic) bond motifs is 2. The summed E-state index contributed by atoms with van der Waals surface area (Å²) in [5.74, 6) is 0.248. The molecule has 8 heteroatoms. The molecule has 1 aromatic carbocycles. The van der Waals surface area contributed by atoms with Crippen molar-refractivity contribution in [2.75, 3.05) is 5.32 Å². The van der Waals surface area contributed by atoms with Crippen molar-refractivity contribution in [2.45, 2.75) is 0 Å². The Labute approximate surface area is 165 Å². The van der Waals surface area contributed by atoms with E-state index < -0.39 is 0 Å². The fourth-order valence-corrected chi connectivity index (χ4v) is 3.28. The highest BCUT2D eigenvalue weighted by Gasteiger charge is 2.11. The van der Waals surface area contributed by atoms with Crippen LogP contribution in [0.3, 0.4) is 0 Å². The molecule has 0 atom stereocenters. The Balaban J connectivity index is 1.45. The summed E-state index contributed by atoms with van der Waals surface area (Å²) in [6.45, 7) is 0. The van der Waals surface area contributed by atoms with Gasteiger partial charge in [-0.1, -0.05) is 0 Å². The molecule has 142 valence electrons. The molecule has 0 aliphatic carbocycles. The van der Waals surface area contributed by atoms with Gasteiger partial charge < -0.3 is 9.88 Å². The van der Waals surface area contributed by atoms with Gasteiger partial charge in [0.1, 0.15) is 5.82 Å². The summed E-state index contributed by atoms with van der Waals surface area (Å²) in [4.78, 5) is 25.8. The van der Waals surface area contributed by atoms with Crippen LogP contribution in [-0.2, 0) is 14.1 Å². The summed E-state index contributed by atoms with van der Waals surface area (Å²) >= 11 is 0. The maximum atomic E-state index is 12.7. The summed E-state index contributed by atoms with van der Waals surface area (Å²) in [5, 5.41) is 8.88. The van der Waals surface area contributed by atoms with Gasteiger partial charge in [-0.15, -0.1) is 0 Å². The molecule has 0 fully saturated rings. The Morgan fingerprint density at radius 3 is 2.66 bits per heavy atom. The molecule has 0 bridgehead atoms. The molecule has 0 unspecified atom stereocenters. The first-order valence-electron chi connectivity index (χ1n) is 9.04. The summed E-state index contributed by atoms with van der Waals surface area (Å²) in [6.07, 6.45) is 8.88. The topological polar surface area (TPSA) is 90.5 Å². The number of anilines is 1. The van der Waals surface area contributed by atoms with Crippen LogP contribution in [0.2, 0.25) is 0 Å². The minimum atomic E-state index is -0.231. The number of hydrogen-bond acceptors (Lipinski definition) is 5. The summed E-state index contributed by atoms with van der Waals surface area (Å²) in [7, 11) is 3.78. The van der Waals surface area contributed by atoms with Crippen LogP contribution in [0.5, 0.6) is 0 Å². The minimum Gasteiger partial charge on any atom is -0.334 e. The highest BCUT2D eigenvalue weighted by atomic mass is 16.1. The molecule has 29 heavy (non-hydrogen) atoms. The highest BCUT2D eigenvalue weighted by molar-refractivity contribution is 6.06. The van der Waals surface area contributed by atoms with Crippen molar-refractivity contribution >= 4 is 33.5 Å². The normalized spacial score (nSPS) is 11.2. The second-order valence-corrected chi connectivity index (χ2v) is 6.90. The lowest BCUT2D eigenvalue weighted by molar-refractivity contribution is 0.102. The first-order valence-corrected chi connectivity index (χ1v) is 9.04. The number of nitrogens with zero attached hydrogens (tertiary/aromatic N) is 6. The molecule has 0 radical (unpaired) electrons. The molecule has 0 aliphatic heterocycles. The van der Waals surface area contributed by atoms with E-state index in [0.717, 1.165) is 33.1 Å². The van der Waals surface area contributed by atoms with Crippen LogP contribution < -0.4 is 5.32 Å². The summed E-state index contributed by atoms with van der Waals surface area (Å²) < 4.78 is 3.65. The molecule has 0 aliphatic rings. The second-order valence-electron chi connectivity index (χ2n) is 6.90. The quantitative estimate of drug-likeness (QED) is 0.517. The minimum absolute atomic E-state index is 0.231. The predicted molar refractivity (Wildman–Crippen MR) is 110 cm³/mol. The van der Waals surface area contributed by atoms with Crippen LogP contribution in [0, 0.1) is 0 Å². The molecule has 1 N–H and O–H groups in total. The zero-order valence-corrected chi connectivity index (χ0v) is 15.9. The Morgan fingerprint density at radius 2 is 1.83 bits per heavy atom. The average molecular weight is 383 g/mol. The lowest BCUT2D eigenvalue weighted by Crippen LogP contribution is -2.12. The number of pyridine rings is 2. The van der Waals surface area contributed by atoms with Gasteiger partial charge in [-0.25, -0.2) is 9.97 Å². The third-order valence-corrected chi connectivity index (χ3v) is 4.83. The molecule has 0 saturated heterocycles. The zero-order valence-electron chi connectivity index (χ0n) is 15.9. The maximum absolute atomic E-state index is 12.7. The average Bonchev–Trinajstić information content (AvgIpc) is 3.33. The third kappa shape index (κ3) is 3.10. The lowest BCUT2D eigenvalue weighted by atomic mass is 10.1. The SMILES string of the molecule is Cn1cc(-c2cc3cc(NC(=O)c4ccc5c(c4)ncn5C)ncc3cn2)cn1. The smallest absolute Gasteiger partial charge is 0.256 e. The fraction of sp³-hybridized carbons (Fsp3) is 0.0952. The molecule has 5 aromatic rings. The van der Waals surface area contributed by atoms with Crippen LogP contribution >= 0.6 is 0 Å². The number of aryl methyl sites for hydroxylation is 2. The van der Waals surface area contributed by atoms with Crippen molar-refractivity contribution in [3.05, 3.63) is 67.0 Å². The van der Waals surface area contributed by atoms with E-state index in [9.17, 15) is 4.79 Å². The number of rotatable bonds is 3. The Kier molecular flexibility index (Phi) is 3.83. The molecule has 4 aromatic heterocycles. The number of amides is 1. The van der Waals surface area contributed by atoms with Crippen LogP contribution in [0.15, 0.2) is 61.4 Å². The van der Waals surface area contributed by atoms with Crippen LogP contribution in [0.25, 0.3) is 33.1 Å². The van der Waals surface area contributed by atoms with Crippen molar-refractivity contribution in [1.82, 2.24) is 29.3 Å². The number of carbonyl (C=O) groups is 1. The number of benzene rings is 1. The van der Waals surface area contributed by atoms with E-state index in [1.807, 2.05) is 43.1 Å². The molecule has 4 heterocycles. The van der Waals surface area contributed by atoms with Gasteiger partial charge in [-0.05, 0) is 35.7 Å². The molecule has 0 saturated carbocycles. The standard InChI is InChI=1S/C21H17N7O/c1-27-12-24-18-5-13(3-4-19(18)27)21(29)26-20-7-14-6-17(16-10-25-28(2)11-16)22-8-15(14)9-23-20/h3-12H,1-2H3,(H,23,26,29). The molecule has 8 nitrogen and oxygen atoms in total. The zero-order chi connectivity index (χ0) is 20.0. The van der Waals surface area contributed by atoms with Gasteiger partial charge in [-0.3, -0.25) is 14.5 Å². The van der Waals surface area contributed by atoms with E-state index in [1.165, 1.54) is 0 Å². The summed E-state index contributed by atoms with van der Waals surface area (Å²) in [5.41, 5.74) is 4.03. The van der Waals surface area contributed by atoms with Crippen molar-refractivity contribution in [3.63, 3.8) is 0 Å². The van der Waals surface area contributed by atoms with E-state index in [2.05, 4.69) is 25.4 Å². The Hall–Kier alpha value is -4.07. The number of imidazole rings is 1. The van der Waals surface area contributed by atoms with Crippen molar-refractivity contribution in [1.29, 1.82) is 0 Å². The molecule has 0 spiro atoms. The Morgan fingerprint density at radius 1 is 0.966 bits per heavy atom. The molecular weight excluding hydrogens is 366 g/mol. The number of aromatic nitrogens is 6. The van der Waals surface area contributed by atoms with Crippen molar-refractivity contribution in [2.24, 2.45) is 14.1 Å². The predicted octanol–water partition coefficient (Wildman–Crippen LogP) is 3.17. The van der Waals surface area contributed by atoms with Crippen LogP contribution in [-0.4, -0.2) is 35.2 Å². The highest BCUT2D eigenvalue weighted by Crippen LogP contribution is 2.23. The number of carbonyl (C=O) groups excluding carboxylic acids is 1. The van der Waals surface area contributed by atoms with Crippen LogP contribution in [0.1, 0.15) is 10.4 Å². The first-order chi connectivity index (χ1) is 14.1. The summed E-state index contributed by atoms with van der Waals surface area (Å²) in [6, 6.07) is 9.25. The van der Waals surface area contributed by atoms with Gasteiger partial charge in [0.15, 0.2) is 0 Å². The monoisotopic (exact) mass is 383 g/mol. The van der Waals surface area contributed by atoms with E-state index in [0.29, 0.717) is 11.4 Å². The van der Waals surface area contributed by atoms with Crippen LogP contribution in [0.4, 0.5) is 5.82 Å². The van der Waals surface area contributed by atoms with Gasteiger partial charge in [0.2, 0.25) is 0 Å². The van der Waals surface area contributed by atoms with Gasteiger partial charge >= 0.3 is 0 Å². The molecule has 1 amide bonds. The molecular formula is C21H17N7O. The largest absolute Gasteiger partial charge is 0.334 e. The number of nitrogens with one attached hydrogen (secondary N) is 1. The van der Waals surface area contributed by atoms with Gasteiger partial charge in [0, 0.05) is 49.2 Å². The Bertz CT molecular complexity index is 1380. The van der Waals surface area contributed by atoms with Gasteiger partial charge in [-0.2, -0.15) is 5.10 Å². The van der Waals surface area contributed by atoms with E-state index in [4.69, 9.17) is 0 Å². The van der Waals surface area contributed by atoms with Gasteiger partial charge in [0.25, 0.3) is 5.91 Å². The maximum Gasteiger partial charge on any atom is 0.256 e. The molecule has 5 rings (SSSR count). The van der Waals surface area contributed by atoms with E-state index in [-0.39, 0.29) is 5.91 Å². The van der Waals surface area contributed by atoms with E-state index >= 15 is 0 Å².